The first-order valence-corrected chi connectivity index (χ1v) is 8.44. The van der Waals surface area contributed by atoms with Crippen LogP contribution in [-0.2, 0) is 9.53 Å². The van der Waals surface area contributed by atoms with Gasteiger partial charge in [-0.3, -0.25) is 4.79 Å². The minimum atomic E-state index is -0.805. The average molecular weight is 338 g/mol. The van der Waals surface area contributed by atoms with Crippen LogP contribution in [0.4, 0.5) is 9.18 Å². The van der Waals surface area contributed by atoms with Gasteiger partial charge in [-0.1, -0.05) is 25.6 Å². The molecule has 1 aromatic rings. The standard InChI is InChI=1S/C16H19FN2O3S/c1-3-23-8-7-22-15(20)13-10(2)18-16(21)19-14(13)11-5-4-6-12(17)9-11/h4-6,9,13-14H,2-3,7-8H2,1H3,(H2,18,19,21)/t13-,14+/m1/s1. The highest BCUT2D eigenvalue weighted by atomic mass is 32.2. The zero-order chi connectivity index (χ0) is 16.8. The van der Waals surface area contributed by atoms with Crippen LogP contribution in [0.15, 0.2) is 36.5 Å². The van der Waals surface area contributed by atoms with E-state index in [4.69, 9.17) is 4.74 Å². The van der Waals surface area contributed by atoms with Crippen molar-refractivity contribution in [1.29, 1.82) is 0 Å². The second-order valence-electron chi connectivity index (χ2n) is 5.00. The Bertz CT molecular complexity index is 609. The summed E-state index contributed by atoms with van der Waals surface area (Å²) < 4.78 is 18.7. The highest BCUT2D eigenvalue weighted by Crippen LogP contribution is 2.30. The number of hydrogen-bond donors (Lipinski definition) is 2. The molecular weight excluding hydrogens is 319 g/mol. The van der Waals surface area contributed by atoms with Gasteiger partial charge in [-0.25, -0.2) is 9.18 Å². The van der Waals surface area contributed by atoms with E-state index in [1.165, 1.54) is 18.2 Å². The molecule has 0 saturated carbocycles. The Morgan fingerprint density at radius 3 is 2.96 bits per heavy atom. The smallest absolute Gasteiger partial charge is 0.319 e. The molecule has 2 amide bonds. The van der Waals surface area contributed by atoms with Crippen molar-refractivity contribution in [1.82, 2.24) is 10.6 Å². The number of carbonyl (C=O) groups is 2. The minimum Gasteiger partial charge on any atom is -0.464 e. The summed E-state index contributed by atoms with van der Waals surface area (Å²) >= 11 is 1.66. The van der Waals surface area contributed by atoms with Crippen LogP contribution in [-0.4, -0.2) is 30.1 Å². The molecule has 1 aliphatic heterocycles. The molecule has 0 radical (unpaired) electrons. The van der Waals surface area contributed by atoms with Crippen LogP contribution in [0, 0.1) is 11.7 Å². The molecule has 2 rings (SSSR count). The Hall–Kier alpha value is -2.02. The van der Waals surface area contributed by atoms with E-state index in [0.29, 0.717) is 11.3 Å². The van der Waals surface area contributed by atoms with Crippen molar-refractivity contribution in [3.63, 3.8) is 0 Å². The molecule has 2 atom stereocenters. The Morgan fingerprint density at radius 1 is 1.48 bits per heavy atom. The summed E-state index contributed by atoms with van der Waals surface area (Å²) in [6.45, 7) is 6.04. The maximum absolute atomic E-state index is 13.5. The topological polar surface area (TPSA) is 67.4 Å². The quantitative estimate of drug-likeness (QED) is 0.618. The van der Waals surface area contributed by atoms with Crippen molar-refractivity contribution in [3.05, 3.63) is 47.9 Å². The number of thioether (sulfide) groups is 1. The summed E-state index contributed by atoms with van der Waals surface area (Å²) in [5.74, 6) is -0.0924. The zero-order valence-corrected chi connectivity index (χ0v) is 13.6. The van der Waals surface area contributed by atoms with E-state index in [1.807, 2.05) is 6.92 Å². The molecule has 5 nitrogen and oxygen atoms in total. The third-order valence-corrected chi connectivity index (χ3v) is 4.27. The maximum atomic E-state index is 13.5. The molecule has 0 aromatic heterocycles. The van der Waals surface area contributed by atoms with Gasteiger partial charge in [0.25, 0.3) is 0 Å². The van der Waals surface area contributed by atoms with Crippen molar-refractivity contribution >= 4 is 23.8 Å². The largest absolute Gasteiger partial charge is 0.464 e. The minimum absolute atomic E-state index is 0.246. The van der Waals surface area contributed by atoms with Crippen LogP contribution in [0.25, 0.3) is 0 Å². The van der Waals surface area contributed by atoms with Crippen molar-refractivity contribution in [3.8, 4) is 0 Å². The van der Waals surface area contributed by atoms with E-state index >= 15 is 0 Å². The van der Waals surface area contributed by atoms with E-state index in [1.54, 1.807) is 17.8 Å². The molecule has 1 fully saturated rings. The first-order chi connectivity index (χ1) is 11.0. The van der Waals surface area contributed by atoms with Crippen LogP contribution in [0.1, 0.15) is 18.5 Å². The number of nitrogens with one attached hydrogen (secondary N) is 2. The fourth-order valence-electron chi connectivity index (χ4n) is 2.37. The molecule has 23 heavy (non-hydrogen) atoms. The number of halogens is 1. The number of esters is 1. The Labute approximate surface area is 138 Å². The van der Waals surface area contributed by atoms with Gasteiger partial charge >= 0.3 is 12.0 Å². The summed E-state index contributed by atoms with van der Waals surface area (Å²) in [5, 5.41) is 5.12. The van der Waals surface area contributed by atoms with E-state index < -0.39 is 29.8 Å². The van der Waals surface area contributed by atoms with Crippen LogP contribution < -0.4 is 10.6 Å². The lowest BCUT2D eigenvalue weighted by molar-refractivity contribution is -0.147. The van der Waals surface area contributed by atoms with Gasteiger partial charge in [0, 0.05) is 11.4 Å². The van der Waals surface area contributed by atoms with Crippen LogP contribution in [0.3, 0.4) is 0 Å². The van der Waals surface area contributed by atoms with Gasteiger partial charge in [-0.2, -0.15) is 11.8 Å². The monoisotopic (exact) mass is 338 g/mol. The third-order valence-electron chi connectivity index (χ3n) is 3.41. The number of carbonyl (C=O) groups excluding carboxylic acids is 2. The third kappa shape index (κ3) is 4.48. The molecule has 1 heterocycles. The second kappa shape index (κ2) is 8.01. The van der Waals surface area contributed by atoms with E-state index in [9.17, 15) is 14.0 Å². The van der Waals surface area contributed by atoms with Gasteiger partial charge in [-0.15, -0.1) is 0 Å². The highest BCUT2D eigenvalue weighted by Gasteiger charge is 2.38. The molecule has 0 aliphatic carbocycles. The molecule has 7 heteroatoms. The Balaban J connectivity index is 2.16. The van der Waals surface area contributed by atoms with Gasteiger partial charge in [0.15, 0.2) is 0 Å². The van der Waals surface area contributed by atoms with Crippen molar-refractivity contribution < 1.29 is 18.7 Å². The van der Waals surface area contributed by atoms with Gasteiger partial charge in [0.05, 0.1) is 6.04 Å². The number of urea groups is 1. The van der Waals surface area contributed by atoms with E-state index in [0.717, 1.165) is 5.75 Å². The zero-order valence-electron chi connectivity index (χ0n) is 12.8. The normalized spacial score (nSPS) is 20.6. The van der Waals surface area contributed by atoms with E-state index in [-0.39, 0.29) is 12.3 Å². The molecule has 0 spiro atoms. The molecule has 2 N–H and O–H groups in total. The summed E-state index contributed by atoms with van der Waals surface area (Å²) in [6.07, 6.45) is 0. The molecule has 0 bridgehead atoms. The van der Waals surface area contributed by atoms with Gasteiger partial charge in [0.1, 0.15) is 18.3 Å². The predicted octanol–water partition coefficient (Wildman–Crippen LogP) is 2.61. The fraction of sp³-hybridized carbons (Fsp3) is 0.375. The number of ether oxygens (including phenoxy) is 1. The first kappa shape index (κ1) is 17.3. The average Bonchev–Trinajstić information content (AvgIpc) is 2.50. The first-order valence-electron chi connectivity index (χ1n) is 7.29. The summed E-state index contributed by atoms with van der Waals surface area (Å²) in [5.41, 5.74) is 0.738. The van der Waals surface area contributed by atoms with Crippen LogP contribution >= 0.6 is 11.8 Å². The second-order valence-corrected chi connectivity index (χ2v) is 6.39. The van der Waals surface area contributed by atoms with Crippen molar-refractivity contribution in [2.75, 3.05) is 18.1 Å². The SMILES string of the molecule is C=C1NC(=O)N[C@@H](c2cccc(F)c2)[C@@H]1C(=O)OCCSCC. The number of amides is 2. The number of rotatable bonds is 6. The van der Waals surface area contributed by atoms with Crippen LogP contribution in [0.2, 0.25) is 0 Å². The molecule has 1 aromatic carbocycles. The summed E-state index contributed by atoms with van der Waals surface area (Å²) in [6, 6.07) is 4.59. The Kier molecular flexibility index (Phi) is 6.04. The lowest BCUT2D eigenvalue weighted by Crippen LogP contribution is -2.51. The van der Waals surface area contributed by atoms with E-state index in [2.05, 4.69) is 17.2 Å². The molecule has 0 unspecified atom stereocenters. The van der Waals surface area contributed by atoms with Crippen molar-refractivity contribution in [2.24, 2.45) is 5.92 Å². The molecule has 1 saturated heterocycles. The molecule has 124 valence electrons. The van der Waals surface area contributed by atoms with Gasteiger partial charge < -0.3 is 15.4 Å². The summed E-state index contributed by atoms with van der Waals surface area (Å²) in [7, 11) is 0. The lowest BCUT2D eigenvalue weighted by atomic mass is 9.89. The molecule has 1 aliphatic rings. The number of hydrogen-bond acceptors (Lipinski definition) is 4. The van der Waals surface area contributed by atoms with Gasteiger partial charge in [-0.05, 0) is 23.4 Å². The number of benzene rings is 1. The molecular formula is C16H19FN2O3S. The Morgan fingerprint density at radius 2 is 2.26 bits per heavy atom. The summed E-state index contributed by atoms with van der Waals surface area (Å²) in [4.78, 5) is 24.0. The van der Waals surface area contributed by atoms with Gasteiger partial charge in [0.2, 0.25) is 0 Å². The maximum Gasteiger partial charge on any atom is 0.319 e. The predicted molar refractivity (Wildman–Crippen MR) is 87.4 cm³/mol. The fourth-order valence-corrected chi connectivity index (χ4v) is 2.86. The lowest BCUT2D eigenvalue weighted by Gasteiger charge is -2.33. The highest BCUT2D eigenvalue weighted by molar-refractivity contribution is 7.99. The van der Waals surface area contributed by atoms with Crippen molar-refractivity contribution in [2.45, 2.75) is 13.0 Å². The van der Waals surface area contributed by atoms with Crippen LogP contribution in [0.5, 0.6) is 0 Å².